The van der Waals surface area contributed by atoms with Gasteiger partial charge in [-0.1, -0.05) is 0 Å². The molecule has 2 atom stereocenters. The van der Waals surface area contributed by atoms with Crippen molar-refractivity contribution in [3.05, 3.63) is 35.3 Å². The molecule has 108 valence electrons. The first-order valence-electron chi connectivity index (χ1n) is 6.86. The third kappa shape index (κ3) is 2.62. The molecular formula is C14H20N4O2. The van der Waals surface area contributed by atoms with Gasteiger partial charge < -0.3 is 9.15 Å². The van der Waals surface area contributed by atoms with Crippen LogP contribution < -0.4 is 0 Å². The summed E-state index contributed by atoms with van der Waals surface area (Å²) in [5, 5.41) is 7.21. The molecule has 1 aliphatic heterocycles. The zero-order chi connectivity index (χ0) is 14.1. The Labute approximate surface area is 118 Å². The van der Waals surface area contributed by atoms with Crippen molar-refractivity contribution in [2.45, 2.75) is 39.0 Å². The van der Waals surface area contributed by atoms with Crippen LogP contribution in [0.15, 0.2) is 16.5 Å². The molecule has 6 nitrogen and oxygen atoms in total. The summed E-state index contributed by atoms with van der Waals surface area (Å²) in [6, 6.07) is 4.19. The van der Waals surface area contributed by atoms with Crippen LogP contribution in [0.3, 0.4) is 0 Å². The first-order chi connectivity index (χ1) is 9.65. The molecule has 20 heavy (non-hydrogen) atoms. The summed E-state index contributed by atoms with van der Waals surface area (Å²) in [5.41, 5.74) is 0. The minimum atomic E-state index is 0.176. The smallest absolute Gasteiger partial charge is 0.167 e. The van der Waals surface area contributed by atoms with Gasteiger partial charge in [0.05, 0.1) is 18.7 Å². The summed E-state index contributed by atoms with van der Waals surface area (Å²) in [4.78, 5) is 6.78. The van der Waals surface area contributed by atoms with E-state index in [1.165, 1.54) is 0 Å². The van der Waals surface area contributed by atoms with Gasteiger partial charge in [-0.25, -0.2) is 4.98 Å². The fraction of sp³-hybridized carbons (Fsp3) is 0.571. The lowest BCUT2D eigenvalue weighted by molar-refractivity contribution is 0.106. The van der Waals surface area contributed by atoms with Gasteiger partial charge in [0.1, 0.15) is 17.3 Å². The number of H-pyrrole nitrogens is 1. The second-order valence-corrected chi connectivity index (χ2v) is 5.33. The van der Waals surface area contributed by atoms with E-state index in [9.17, 15) is 0 Å². The van der Waals surface area contributed by atoms with Crippen LogP contribution in [0.1, 0.15) is 35.6 Å². The number of hydrogen-bond acceptors (Lipinski definition) is 5. The molecule has 0 bridgehead atoms. The average Bonchev–Trinajstić information content (AvgIpc) is 3.11. The van der Waals surface area contributed by atoms with E-state index in [2.05, 4.69) is 20.1 Å². The quantitative estimate of drug-likeness (QED) is 0.924. The second-order valence-electron chi connectivity index (χ2n) is 5.33. The lowest BCUT2D eigenvalue weighted by atomic mass is 10.2. The van der Waals surface area contributed by atoms with Gasteiger partial charge >= 0.3 is 0 Å². The van der Waals surface area contributed by atoms with E-state index in [1.54, 1.807) is 7.11 Å². The predicted octanol–water partition coefficient (Wildman–Crippen LogP) is 1.98. The Morgan fingerprint density at radius 1 is 1.45 bits per heavy atom. The van der Waals surface area contributed by atoms with Crippen LogP contribution in [0, 0.1) is 13.8 Å². The number of furan rings is 1. The van der Waals surface area contributed by atoms with Crippen molar-refractivity contribution < 1.29 is 9.15 Å². The molecule has 6 heteroatoms. The number of ether oxygens (including phenoxy) is 1. The van der Waals surface area contributed by atoms with Gasteiger partial charge in [0.15, 0.2) is 5.82 Å². The standard InChI is InChI=1S/C14H20N4O2/c1-9-4-5-11(20-9)7-18-8-12(19-3)6-13(18)14-15-10(2)16-17-14/h4-5,12-13H,6-8H2,1-3H3,(H,15,16,17)/t12-,13-/m0/s1. The van der Waals surface area contributed by atoms with Crippen molar-refractivity contribution in [1.29, 1.82) is 0 Å². The molecule has 0 unspecified atom stereocenters. The summed E-state index contributed by atoms with van der Waals surface area (Å²) >= 11 is 0. The highest BCUT2D eigenvalue weighted by Gasteiger charge is 2.35. The molecule has 0 saturated carbocycles. The number of aryl methyl sites for hydroxylation is 2. The highest BCUT2D eigenvalue weighted by Crippen LogP contribution is 2.32. The summed E-state index contributed by atoms with van der Waals surface area (Å²) in [6.45, 7) is 5.50. The lowest BCUT2D eigenvalue weighted by Gasteiger charge is -2.20. The van der Waals surface area contributed by atoms with E-state index in [1.807, 2.05) is 26.0 Å². The maximum absolute atomic E-state index is 5.67. The minimum absolute atomic E-state index is 0.176. The third-order valence-electron chi connectivity index (χ3n) is 3.77. The molecule has 1 aliphatic rings. The average molecular weight is 276 g/mol. The van der Waals surface area contributed by atoms with Crippen LogP contribution in [-0.2, 0) is 11.3 Å². The van der Waals surface area contributed by atoms with E-state index >= 15 is 0 Å². The number of likely N-dealkylation sites (tertiary alicyclic amines) is 1. The minimum Gasteiger partial charge on any atom is -0.465 e. The summed E-state index contributed by atoms with van der Waals surface area (Å²) < 4.78 is 11.2. The molecule has 3 rings (SSSR count). The number of methoxy groups -OCH3 is 1. The van der Waals surface area contributed by atoms with Gasteiger partial charge in [-0.3, -0.25) is 10.00 Å². The van der Waals surface area contributed by atoms with Crippen LogP contribution >= 0.6 is 0 Å². The molecule has 0 aliphatic carbocycles. The van der Waals surface area contributed by atoms with Crippen LogP contribution in [0.4, 0.5) is 0 Å². The highest BCUT2D eigenvalue weighted by atomic mass is 16.5. The Kier molecular flexibility index (Phi) is 3.58. The van der Waals surface area contributed by atoms with Gasteiger partial charge in [-0.05, 0) is 32.4 Å². The van der Waals surface area contributed by atoms with E-state index in [0.29, 0.717) is 0 Å². The Morgan fingerprint density at radius 3 is 2.90 bits per heavy atom. The monoisotopic (exact) mass is 276 g/mol. The number of aromatic amines is 1. The number of aromatic nitrogens is 3. The lowest BCUT2D eigenvalue weighted by Crippen LogP contribution is -2.25. The number of nitrogens with zero attached hydrogens (tertiary/aromatic N) is 3. The molecule has 1 N–H and O–H groups in total. The fourth-order valence-electron chi connectivity index (χ4n) is 2.75. The molecule has 3 heterocycles. The molecule has 0 radical (unpaired) electrons. The molecular weight excluding hydrogens is 256 g/mol. The second kappa shape index (κ2) is 5.38. The predicted molar refractivity (Wildman–Crippen MR) is 73.1 cm³/mol. The number of hydrogen-bond donors (Lipinski definition) is 1. The van der Waals surface area contributed by atoms with Crippen LogP contribution in [0.5, 0.6) is 0 Å². The highest BCUT2D eigenvalue weighted by molar-refractivity contribution is 5.08. The van der Waals surface area contributed by atoms with Gasteiger partial charge in [0, 0.05) is 13.7 Å². The van der Waals surface area contributed by atoms with Crippen LogP contribution in [-0.4, -0.2) is 39.8 Å². The molecule has 2 aromatic rings. The fourth-order valence-corrected chi connectivity index (χ4v) is 2.75. The van der Waals surface area contributed by atoms with Crippen LogP contribution in [0.2, 0.25) is 0 Å². The normalized spacial score (nSPS) is 23.6. The van der Waals surface area contributed by atoms with Crippen molar-refractivity contribution in [1.82, 2.24) is 20.1 Å². The molecule has 0 amide bonds. The SMILES string of the molecule is CO[C@H]1C[C@@H](c2n[nH]c(C)n2)N(Cc2ccc(C)o2)C1. The molecule has 0 aromatic carbocycles. The van der Waals surface area contributed by atoms with Crippen molar-refractivity contribution in [3.63, 3.8) is 0 Å². The van der Waals surface area contributed by atoms with Crippen molar-refractivity contribution in [3.8, 4) is 0 Å². The topological polar surface area (TPSA) is 67.2 Å². The van der Waals surface area contributed by atoms with Crippen molar-refractivity contribution in [2.24, 2.45) is 0 Å². The Morgan fingerprint density at radius 2 is 2.30 bits per heavy atom. The van der Waals surface area contributed by atoms with Gasteiger partial charge in [0.25, 0.3) is 0 Å². The van der Waals surface area contributed by atoms with Crippen molar-refractivity contribution >= 4 is 0 Å². The maximum atomic E-state index is 5.67. The Hall–Kier alpha value is -1.66. The third-order valence-corrected chi connectivity index (χ3v) is 3.77. The molecule has 0 spiro atoms. The summed E-state index contributed by atoms with van der Waals surface area (Å²) in [6.07, 6.45) is 1.13. The van der Waals surface area contributed by atoms with E-state index < -0.39 is 0 Å². The van der Waals surface area contributed by atoms with E-state index in [0.717, 1.165) is 42.7 Å². The maximum Gasteiger partial charge on any atom is 0.167 e. The van der Waals surface area contributed by atoms with Gasteiger partial charge in [-0.15, -0.1) is 0 Å². The number of nitrogens with one attached hydrogen (secondary N) is 1. The van der Waals surface area contributed by atoms with Gasteiger partial charge in [-0.2, -0.15) is 5.10 Å². The zero-order valence-corrected chi connectivity index (χ0v) is 12.1. The van der Waals surface area contributed by atoms with Gasteiger partial charge in [0.2, 0.25) is 0 Å². The molecule has 1 saturated heterocycles. The van der Waals surface area contributed by atoms with E-state index in [-0.39, 0.29) is 12.1 Å². The first kappa shape index (κ1) is 13.3. The van der Waals surface area contributed by atoms with Crippen LogP contribution in [0.25, 0.3) is 0 Å². The van der Waals surface area contributed by atoms with Crippen molar-refractivity contribution in [2.75, 3.05) is 13.7 Å². The number of rotatable bonds is 4. The first-order valence-corrected chi connectivity index (χ1v) is 6.86. The Bertz CT molecular complexity index is 577. The summed E-state index contributed by atoms with van der Waals surface area (Å²) in [7, 11) is 1.76. The molecule has 2 aromatic heterocycles. The van der Waals surface area contributed by atoms with E-state index in [4.69, 9.17) is 9.15 Å². The largest absolute Gasteiger partial charge is 0.465 e. The Balaban J connectivity index is 1.79. The zero-order valence-electron chi connectivity index (χ0n) is 12.1. The molecule has 1 fully saturated rings. The summed E-state index contributed by atoms with van der Waals surface area (Å²) in [5.74, 6) is 3.59.